The minimum Gasteiger partial charge on any atom is -0.452 e. The van der Waals surface area contributed by atoms with Gasteiger partial charge in [-0.3, -0.25) is 19.3 Å². The molecule has 1 N–H and O–H groups in total. The molecule has 142 valence electrons. The van der Waals surface area contributed by atoms with E-state index in [0.717, 1.165) is 16.0 Å². The number of carbonyl (C=O) groups is 4. The van der Waals surface area contributed by atoms with Crippen molar-refractivity contribution in [3.05, 3.63) is 41.6 Å². The smallest absolute Gasteiger partial charge is 0.324 e. The van der Waals surface area contributed by atoms with Crippen LogP contribution in [0.3, 0.4) is 0 Å². The van der Waals surface area contributed by atoms with Crippen molar-refractivity contribution in [2.45, 2.75) is 32.4 Å². The van der Waals surface area contributed by atoms with Gasteiger partial charge in [0.2, 0.25) is 5.91 Å². The van der Waals surface area contributed by atoms with Crippen molar-refractivity contribution >= 4 is 29.9 Å². The lowest BCUT2D eigenvalue weighted by atomic mass is 9.94. The summed E-state index contributed by atoms with van der Waals surface area (Å²) in [6.45, 7) is 3.49. The average Bonchev–Trinajstić information content (AvgIpc) is 3.06. The van der Waals surface area contributed by atoms with Crippen LogP contribution in [0.1, 0.15) is 37.4 Å². The van der Waals surface area contributed by atoms with Crippen LogP contribution in [0.15, 0.2) is 30.5 Å². The molecule has 27 heavy (non-hydrogen) atoms. The Hall–Kier alpha value is -3.16. The molecule has 2 atom stereocenters. The van der Waals surface area contributed by atoms with Crippen LogP contribution in [0.25, 0.3) is 6.08 Å². The highest BCUT2D eigenvalue weighted by atomic mass is 16.5. The van der Waals surface area contributed by atoms with Gasteiger partial charge in [0, 0.05) is 26.2 Å². The quantitative estimate of drug-likeness (QED) is 0.808. The maximum atomic E-state index is 12.4. The number of benzene rings is 1. The number of amides is 4. The minimum atomic E-state index is -1.08. The molecular weight excluding hydrogens is 350 g/mol. The zero-order valence-electron chi connectivity index (χ0n) is 15.2. The highest BCUT2D eigenvalue weighted by molar-refractivity contribution is 5.98. The largest absolute Gasteiger partial charge is 0.452 e. The van der Waals surface area contributed by atoms with Crippen LogP contribution < -0.4 is 5.32 Å². The number of imide groups is 1. The van der Waals surface area contributed by atoms with Crippen LogP contribution in [0, 0.1) is 0 Å². The Morgan fingerprint density at radius 3 is 2.70 bits per heavy atom. The number of nitrogens with one attached hydrogen (secondary N) is 1. The Morgan fingerprint density at radius 1 is 1.30 bits per heavy atom. The molecule has 0 radical (unpaired) electrons. The molecule has 2 aliphatic rings. The SMILES string of the molecule is CC(=O)N1C=Cc2ccccc2[C@H]1CC(=O)O[C@H](C)C(=O)N1CCNC1=O. The van der Waals surface area contributed by atoms with E-state index in [0.29, 0.717) is 6.54 Å². The topological polar surface area (TPSA) is 96.0 Å². The fraction of sp³-hybridized carbons (Fsp3) is 0.368. The molecule has 0 aromatic heterocycles. The van der Waals surface area contributed by atoms with E-state index in [4.69, 9.17) is 4.74 Å². The molecule has 1 aromatic carbocycles. The van der Waals surface area contributed by atoms with E-state index in [1.54, 1.807) is 6.20 Å². The van der Waals surface area contributed by atoms with Crippen molar-refractivity contribution in [3.8, 4) is 0 Å². The van der Waals surface area contributed by atoms with Crippen molar-refractivity contribution in [2.24, 2.45) is 0 Å². The molecule has 1 saturated heterocycles. The second-order valence-corrected chi connectivity index (χ2v) is 6.44. The van der Waals surface area contributed by atoms with Crippen molar-refractivity contribution in [3.63, 3.8) is 0 Å². The van der Waals surface area contributed by atoms with Crippen molar-refractivity contribution in [2.75, 3.05) is 13.1 Å². The lowest BCUT2D eigenvalue weighted by Gasteiger charge is -2.32. The molecule has 0 saturated carbocycles. The Balaban J connectivity index is 1.70. The first kappa shape index (κ1) is 18.6. The maximum Gasteiger partial charge on any atom is 0.324 e. The first-order valence-electron chi connectivity index (χ1n) is 8.73. The summed E-state index contributed by atoms with van der Waals surface area (Å²) in [6.07, 6.45) is 2.29. The van der Waals surface area contributed by atoms with Gasteiger partial charge in [-0.1, -0.05) is 24.3 Å². The van der Waals surface area contributed by atoms with Gasteiger partial charge in [-0.15, -0.1) is 0 Å². The van der Waals surface area contributed by atoms with Crippen molar-refractivity contribution in [1.29, 1.82) is 0 Å². The molecule has 0 unspecified atom stereocenters. The molecular formula is C19H21N3O5. The predicted octanol–water partition coefficient (Wildman–Crippen LogP) is 1.43. The van der Waals surface area contributed by atoms with Crippen LogP contribution in [-0.2, 0) is 19.1 Å². The first-order chi connectivity index (χ1) is 12.9. The van der Waals surface area contributed by atoms with Gasteiger partial charge in [0.25, 0.3) is 5.91 Å². The van der Waals surface area contributed by atoms with E-state index in [1.165, 1.54) is 18.7 Å². The zero-order valence-corrected chi connectivity index (χ0v) is 15.2. The fourth-order valence-electron chi connectivity index (χ4n) is 3.27. The highest BCUT2D eigenvalue weighted by Gasteiger charge is 2.33. The number of hydrogen-bond acceptors (Lipinski definition) is 5. The van der Waals surface area contributed by atoms with Crippen molar-refractivity contribution < 1.29 is 23.9 Å². The molecule has 2 aliphatic heterocycles. The third-order valence-electron chi connectivity index (χ3n) is 4.61. The molecule has 1 fully saturated rings. The summed E-state index contributed by atoms with van der Waals surface area (Å²) in [5.41, 5.74) is 1.76. The van der Waals surface area contributed by atoms with E-state index >= 15 is 0 Å². The van der Waals surface area contributed by atoms with Gasteiger partial charge >= 0.3 is 12.0 Å². The predicted molar refractivity (Wildman–Crippen MR) is 96.0 cm³/mol. The Bertz CT molecular complexity index is 819. The number of rotatable bonds is 4. The number of hydrogen-bond donors (Lipinski definition) is 1. The summed E-state index contributed by atoms with van der Waals surface area (Å²) in [7, 11) is 0. The number of nitrogens with zero attached hydrogens (tertiary/aromatic N) is 2. The molecule has 0 spiro atoms. The summed E-state index contributed by atoms with van der Waals surface area (Å²) in [5, 5.41) is 2.53. The Labute approximate surface area is 156 Å². The number of esters is 1. The molecule has 8 heteroatoms. The molecule has 0 aliphatic carbocycles. The van der Waals surface area contributed by atoms with E-state index in [1.807, 2.05) is 30.3 Å². The standard InChI is InChI=1S/C19H21N3O5/c1-12(18(25)22-10-8-20-19(22)26)27-17(24)11-16-15-6-4-3-5-14(15)7-9-21(16)13(2)23/h3-7,9,12,16H,8,10-11H2,1-2H3,(H,20,26)/t12-,16-/m1/s1. The van der Waals surface area contributed by atoms with Crippen molar-refractivity contribution in [1.82, 2.24) is 15.1 Å². The zero-order chi connectivity index (χ0) is 19.6. The summed E-state index contributed by atoms with van der Waals surface area (Å²) < 4.78 is 5.25. The number of fused-ring (bicyclic) bond motifs is 1. The lowest BCUT2D eigenvalue weighted by Crippen LogP contribution is -2.42. The number of carbonyl (C=O) groups excluding carboxylic acids is 4. The van der Waals surface area contributed by atoms with Gasteiger partial charge < -0.3 is 15.0 Å². The van der Waals surface area contributed by atoms with E-state index in [9.17, 15) is 19.2 Å². The van der Waals surface area contributed by atoms with E-state index in [-0.39, 0.29) is 18.9 Å². The monoisotopic (exact) mass is 371 g/mol. The number of ether oxygens (including phenoxy) is 1. The summed E-state index contributed by atoms with van der Waals surface area (Å²) in [6, 6.07) is 6.48. The first-order valence-corrected chi connectivity index (χ1v) is 8.73. The van der Waals surface area contributed by atoms with Crippen LogP contribution in [0.5, 0.6) is 0 Å². The average molecular weight is 371 g/mol. The lowest BCUT2D eigenvalue weighted by molar-refractivity contribution is -0.158. The third-order valence-corrected chi connectivity index (χ3v) is 4.61. The van der Waals surface area contributed by atoms with E-state index < -0.39 is 30.1 Å². The van der Waals surface area contributed by atoms with Gasteiger partial charge in [-0.05, 0) is 24.1 Å². The summed E-state index contributed by atoms with van der Waals surface area (Å²) in [4.78, 5) is 50.8. The Morgan fingerprint density at radius 2 is 2.04 bits per heavy atom. The third kappa shape index (κ3) is 3.84. The molecule has 1 aromatic rings. The van der Waals surface area contributed by atoms with Crippen LogP contribution in [0.2, 0.25) is 0 Å². The summed E-state index contributed by atoms with van der Waals surface area (Å²) >= 11 is 0. The molecule has 8 nitrogen and oxygen atoms in total. The second-order valence-electron chi connectivity index (χ2n) is 6.44. The van der Waals surface area contributed by atoms with Gasteiger partial charge in [0.15, 0.2) is 6.10 Å². The maximum absolute atomic E-state index is 12.4. The van der Waals surface area contributed by atoms with E-state index in [2.05, 4.69) is 5.32 Å². The highest BCUT2D eigenvalue weighted by Crippen LogP contribution is 2.33. The van der Waals surface area contributed by atoms with Gasteiger partial charge in [0.05, 0.1) is 12.5 Å². The normalized spacial score (nSPS) is 19.3. The molecule has 0 bridgehead atoms. The van der Waals surface area contributed by atoms with Crippen LogP contribution in [-0.4, -0.2) is 52.8 Å². The van der Waals surface area contributed by atoms with Crippen LogP contribution in [0.4, 0.5) is 4.79 Å². The summed E-state index contributed by atoms with van der Waals surface area (Å²) in [5.74, 6) is -1.38. The fourth-order valence-corrected chi connectivity index (χ4v) is 3.27. The minimum absolute atomic E-state index is 0.0925. The van der Waals surface area contributed by atoms with Gasteiger partial charge in [-0.25, -0.2) is 4.79 Å². The Kier molecular flexibility index (Phi) is 5.25. The van der Waals surface area contributed by atoms with Crippen LogP contribution >= 0.6 is 0 Å². The molecule has 2 heterocycles. The van der Waals surface area contributed by atoms with Gasteiger partial charge in [0.1, 0.15) is 0 Å². The van der Waals surface area contributed by atoms with Gasteiger partial charge in [-0.2, -0.15) is 0 Å². The number of urea groups is 1. The second kappa shape index (κ2) is 7.61. The molecule has 4 amide bonds. The molecule has 3 rings (SSSR count).